The van der Waals surface area contributed by atoms with E-state index in [1.807, 2.05) is 36.4 Å². The van der Waals surface area contributed by atoms with Crippen molar-refractivity contribution in [2.45, 2.75) is 6.92 Å². The molecule has 0 unspecified atom stereocenters. The molecule has 0 aliphatic rings. The van der Waals surface area contributed by atoms with Gasteiger partial charge in [-0.1, -0.05) is 36.4 Å². The van der Waals surface area contributed by atoms with E-state index in [-0.39, 0.29) is 11.7 Å². The van der Waals surface area contributed by atoms with Crippen molar-refractivity contribution in [3.8, 4) is 5.75 Å². The fraction of sp³-hybridized carbons (Fsp3) is 0.100. The van der Waals surface area contributed by atoms with Crippen LogP contribution in [0.5, 0.6) is 5.75 Å². The van der Waals surface area contributed by atoms with Crippen LogP contribution >= 0.6 is 0 Å². The smallest absolute Gasteiger partial charge is 0.221 e. The summed E-state index contributed by atoms with van der Waals surface area (Å²) in [7, 11) is 1.61. The summed E-state index contributed by atoms with van der Waals surface area (Å²) in [6.07, 6.45) is 6.49. The fourth-order valence-corrected chi connectivity index (χ4v) is 2.04. The van der Waals surface area contributed by atoms with E-state index in [0.717, 1.165) is 22.6 Å². The molecule has 0 aliphatic carbocycles. The molecule has 0 bridgehead atoms. The Balaban J connectivity index is 1.96. The van der Waals surface area contributed by atoms with Gasteiger partial charge in [0.05, 0.1) is 7.11 Å². The number of hydrogen-bond acceptors (Lipinski definition) is 3. The molecule has 0 spiro atoms. The summed E-state index contributed by atoms with van der Waals surface area (Å²) in [5.74, 6) is 0.527. The van der Waals surface area contributed by atoms with Crippen molar-refractivity contribution in [2.75, 3.05) is 12.4 Å². The molecule has 0 fully saturated rings. The number of nitrogens with one attached hydrogen (secondary N) is 1. The highest BCUT2D eigenvalue weighted by Crippen LogP contribution is 2.14. The van der Waals surface area contributed by atoms with Crippen LogP contribution < -0.4 is 10.1 Å². The number of carbonyl (C=O) groups is 2. The number of anilines is 1. The lowest BCUT2D eigenvalue weighted by Crippen LogP contribution is -2.05. The lowest BCUT2D eigenvalue weighted by molar-refractivity contribution is -0.114. The first-order valence-electron chi connectivity index (χ1n) is 7.48. The van der Waals surface area contributed by atoms with Gasteiger partial charge >= 0.3 is 0 Å². The van der Waals surface area contributed by atoms with Crippen molar-refractivity contribution in [2.24, 2.45) is 0 Å². The molecule has 1 amide bonds. The van der Waals surface area contributed by atoms with E-state index >= 15 is 0 Å². The Morgan fingerprint density at radius 1 is 0.958 bits per heavy atom. The fourth-order valence-electron chi connectivity index (χ4n) is 2.04. The van der Waals surface area contributed by atoms with Gasteiger partial charge < -0.3 is 10.1 Å². The maximum atomic E-state index is 11.9. The number of methoxy groups -OCH3 is 1. The Morgan fingerprint density at radius 2 is 1.62 bits per heavy atom. The highest BCUT2D eigenvalue weighted by atomic mass is 16.5. The molecule has 2 aromatic carbocycles. The predicted molar refractivity (Wildman–Crippen MR) is 96.8 cm³/mol. The molecule has 4 nitrogen and oxygen atoms in total. The molecule has 1 N–H and O–H groups in total. The average molecular weight is 321 g/mol. The van der Waals surface area contributed by atoms with E-state index in [1.54, 1.807) is 31.4 Å². The number of allylic oxidation sites excluding steroid dienone is 2. The molecule has 0 heterocycles. The van der Waals surface area contributed by atoms with Crippen LogP contribution in [0.4, 0.5) is 5.69 Å². The molecule has 122 valence electrons. The second kappa shape index (κ2) is 8.48. The Hall–Kier alpha value is -3.14. The highest BCUT2D eigenvalue weighted by Gasteiger charge is 1.96. The Bertz CT molecular complexity index is 774. The van der Waals surface area contributed by atoms with Crippen molar-refractivity contribution < 1.29 is 14.3 Å². The maximum absolute atomic E-state index is 11.9. The zero-order chi connectivity index (χ0) is 17.4. The van der Waals surface area contributed by atoms with Crippen LogP contribution in [-0.4, -0.2) is 18.8 Å². The summed E-state index contributed by atoms with van der Waals surface area (Å²) in [5.41, 5.74) is 2.51. The Kier molecular flexibility index (Phi) is 6.08. The number of rotatable bonds is 6. The van der Waals surface area contributed by atoms with Crippen LogP contribution in [0, 0.1) is 0 Å². The minimum absolute atomic E-state index is 0.108. The standard InChI is InChI=1S/C20H19NO3/c1-15(22)21-18-10-6-16(7-11-18)8-12-19(23)13-9-17-4-3-5-20(14-17)24-2/h3-14H,1-2H3,(H,21,22)/b12-8+,13-9+. The van der Waals surface area contributed by atoms with Gasteiger partial charge in [0.25, 0.3) is 0 Å². The zero-order valence-corrected chi connectivity index (χ0v) is 13.7. The van der Waals surface area contributed by atoms with Crippen LogP contribution in [0.15, 0.2) is 60.7 Å². The summed E-state index contributed by atoms with van der Waals surface area (Å²) in [6, 6.07) is 14.7. The van der Waals surface area contributed by atoms with Gasteiger partial charge in [0.1, 0.15) is 5.75 Å². The SMILES string of the molecule is COc1cccc(/C=C/C(=O)/C=C/c2ccc(NC(C)=O)cc2)c1. The van der Waals surface area contributed by atoms with Gasteiger partial charge in [-0.15, -0.1) is 0 Å². The summed E-state index contributed by atoms with van der Waals surface area (Å²) >= 11 is 0. The lowest BCUT2D eigenvalue weighted by Gasteiger charge is -2.01. The van der Waals surface area contributed by atoms with Crippen LogP contribution in [0.3, 0.4) is 0 Å². The van der Waals surface area contributed by atoms with Crippen LogP contribution in [-0.2, 0) is 9.59 Å². The van der Waals surface area contributed by atoms with Crippen molar-refractivity contribution in [1.82, 2.24) is 0 Å². The number of hydrogen-bond donors (Lipinski definition) is 1. The number of ether oxygens (including phenoxy) is 1. The monoisotopic (exact) mass is 321 g/mol. The third kappa shape index (κ3) is 5.57. The minimum atomic E-state index is -0.115. The Morgan fingerprint density at radius 3 is 2.25 bits per heavy atom. The van der Waals surface area contributed by atoms with E-state index < -0.39 is 0 Å². The Labute approximate surface area is 141 Å². The molecule has 2 rings (SSSR count). The number of benzene rings is 2. The number of ketones is 1. The van der Waals surface area contributed by atoms with Crippen molar-refractivity contribution in [3.05, 3.63) is 71.8 Å². The third-order valence-electron chi connectivity index (χ3n) is 3.20. The summed E-state index contributed by atoms with van der Waals surface area (Å²) < 4.78 is 5.14. The average Bonchev–Trinajstić information content (AvgIpc) is 2.59. The van der Waals surface area contributed by atoms with E-state index in [4.69, 9.17) is 4.74 Å². The molecular weight excluding hydrogens is 302 g/mol. The van der Waals surface area contributed by atoms with Crippen LogP contribution in [0.2, 0.25) is 0 Å². The van der Waals surface area contributed by atoms with Crippen molar-refractivity contribution in [1.29, 1.82) is 0 Å². The van der Waals surface area contributed by atoms with Gasteiger partial charge in [0.15, 0.2) is 5.78 Å². The van der Waals surface area contributed by atoms with Crippen LogP contribution in [0.25, 0.3) is 12.2 Å². The normalized spacial score (nSPS) is 10.9. The summed E-state index contributed by atoms with van der Waals surface area (Å²) in [5, 5.41) is 2.69. The maximum Gasteiger partial charge on any atom is 0.221 e. The largest absolute Gasteiger partial charge is 0.497 e. The van der Waals surface area contributed by atoms with E-state index in [1.165, 1.54) is 19.1 Å². The minimum Gasteiger partial charge on any atom is -0.497 e. The number of amides is 1. The third-order valence-corrected chi connectivity index (χ3v) is 3.20. The van der Waals surface area contributed by atoms with Crippen molar-refractivity contribution in [3.63, 3.8) is 0 Å². The topological polar surface area (TPSA) is 55.4 Å². The van der Waals surface area contributed by atoms with Crippen molar-refractivity contribution >= 4 is 29.5 Å². The van der Waals surface area contributed by atoms with E-state index in [2.05, 4.69) is 5.32 Å². The zero-order valence-electron chi connectivity index (χ0n) is 13.7. The van der Waals surface area contributed by atoms with Gasteiger partial charge in [0.2, 0.25) is 5.91 Å². The second-order valence-corrected chi connectivity index (χ2v) is 5.15. The molecule has 0 saturated heterocycles. The first-order valence-corrected chi connectivity index (χ1v) is 7.48. The summed E-state index contributed by atoms with van der Waals surface area (Å²) in [4.78, 5) is 22.9. The van der Waals surface area contributed by atoms with E-state index in [0.29, 0.717) is 0 Å². The molecule has 4 heteroatoms. The van der Waals surface area contributed by atoms with Gasteiger partial charge in [-0.25, -0.2) is 0 Å². The van der Waals surface area contributed by atoms with E-state index in [9.17, 15) is 9.59 Å². The lowest BCUT2D eigenvalue weighted by atomic mass is 10.1. The molecule has 0 saturated carbocycles. The molecule has 0 radical (unpaired) electrons. The molecule has 2 aromatic rings. The molecule has 0 aliphatic heterocycles. The second-order valence-electron chi connectivity index (χ2n) is 5.15. The first-order chi connectivity index (χ1) is 11.6. The molecule has 24 heavy (non-hydrogen) atoms. The molecular formula is C20H19NO3. The van der Waals surface area contributed by atoms with Gasteiger partial charge in [0, 0.05) is 12.6 Å². The quantitative estimate of drug-likeness (QED) is 0.820. The van der Waals surface area contributed by atoms with Gasteiger partial charge in [-0.2, -0.15) is 0 Å². The summed E-state index contributed by atoms with van der Waals surface area (Å²) in [6.45, 7) is 1.46. The highest BCUT2D eigenvalue weighted by molar-refractivity contribution is 6.04. The predicted octanol–water partition coefficient (Wildman–Crippen LogP) is 3.95. The first kappa shape index (κ1) is 17.2. The molecule has 0 aromatic heterocycles. The van der Waals surface area contributed by atoms with Crippen LogP contribution in [0.1, 0.15) is 18.1 Å². The van der Waals surface area contributed by atoms with Gasteiger partial charge in [-0.05, 0) is 47.5 Å². The van der Waals surface area contributed by atoms with Gasteiger partial charge in [-0.3, -0.25) is 9.59 Å². The molecule has 0 atom stereocenters. The number of carbonyl (C=O) groups excluding carboxylic acids is 2.